The van der Waals surface area contributed by atoms with Crippen LogP contribution in [0.25, 0.3) is 11.4 Å². The van der Waals surface area contributed by atoms with Crippen LogP contribution in [0.2, 0.25) is 0 Å². The molecule has 0 saturated carbocycles. The van der Waals surface area contributed by atoms with E-state index in [0.29, 0.717) is 16.3 Å². The predicted octanol–water partition coefficient (Wildman–Crippen LogP) is 3.12. The number of aryl methyl sites for hydroxylation is 1. The van der Waals surface area contributed by atoms with E-state index in [1.165, 1.54) is 4.68 Å². The van der Waals surface area contributed by atoms with Crippen molar-refractivity contribution in [2.75, 3.05) is 5.32 Å². The minimum atomic E-state index is -0.255. The number of rotatable bonds is 2. The number of anilines is 1. The first-order valence-electron chi connectivity index (χ1n) is 7.38. The highest BCUT2D eigenvalue weighted by atomic mass is 32.1. The summed E-state index contributed by atoms with van der Waals surface area (Å²) >= 11 is 5.29. The van der Waals surface area contributed by atoms with Crippen molar-refractivity contribution in [1.29, 1.82) is 0 Å². The third-order valence-corrected chi connectivity index (χ3v) is 4.15. The molecule has 1 aliphatic heterocycles. The molecule has 4 rings (SSSR count). The van der Waals surface area contributed by atoms with Crippen LogP contribution in [0.3, 0.4) is 0 Å². The molecule has 118 valence electrons. The van der Waals surface area contributed by atoms with E-state index in [1.807, 2.05) is 55.5 Å². The SMILES string of the molecule is Cc1ccccc1-c1n[nH]c(=S)n1/N=C1/C(=O)Nc2ccccc21. The summed E-state index contributed by atoms with van der Waals surface area (Å²) in [7, 11) is 0. The van der Waals surface area contributed by atoms with Gasteiger partial charge in [-0.2, -0.15) is 14.9 Å². The Morgan fingerprint density at radius 1 is 1.08 bits per heavy atom. The predicted molar refractivity (Wildman–Crippen MR) is 94.6 cm³/mol. The number of aromatic nitrogens is 3. The quantitative estimate of drug-likeness (QED) is 0.707. The smallest absolute Gasteiger partial charge is 0.276 e. The molecule has 1 aromatic heterocycles. The highest BCUT2D eigenvalue weighted by Crippen LogP contribution is 2.25. The largest absolute Gasteiger partial charge is 0.320 e. The molecule has 0 fully saturated rings. The van der Waals surface area contributed by atoms with E-state index in [0.717, 1.165) is 22.4 Å². The summed E-state index contributed by atoms with van der Waals surface area (Å²) in [6.45, 7) is 1.99. The van der Waals surface area contributed by atoms with Crippen molar-refractivity contribution in [3.05, 3.63) is 64.4 Å². The molecule has 7 heteroatoms. The number of hydrogen-bond acceptors (Lipinski definition) is 4. The van der Waals surface area contributed by atoms with Crippen LogP contribution < -0.4 is 5.32 Å². The van der Waals surface area contributed by atoms with Gasteiger partial charge in [0.15, 0.2) is 11.5 Å². The summed E-state index contributed by atoms with van der Waals surface area (Å²) in [5.74, 6) is 0.317. The standard InChI is InChI=1S/C17H13N5OS/c1-10-6-2-3-7-11(10)15-19-20-17(24)22(15)21-14-12-8-4-5-9-13(12)18-16(14)23/h2-9H,1H3,(H,20,24)(H,18,21,23). The Labute approximate surface area is 142 Å². The van der Waals surface area contributed by atoms with Gasteiger partial charge < -0.3 is 5.32 Å². The zero-order valence-corrected chi connectivity index (χ0v) is 13.6. The van der Waals surface area contributed by atoms with E-state index in [-0.39, 0.29) is 5.91 Å². The Kier molecular flexibility index (Phi) is 3.35. The fraction of sp³-hybridized carbons (Fsp3) is 0.0588. The highest BCUT2D eigenvalue weighted by molar-refractivity contribution is 7.71. The third-order valence-electron chi connectivity index (χ3n) is 3.88. The lowest BCUT2D eigenvalue weighted by atomic mass is 10.1. The molecular weight excluding hydrogens is 322 g/mol. The van der Waals surface area contributed by atoms with Crippen LogP contribution in [0, 0.1) is 11.7 Å². The monoisotopic (exact) mass is 335 g/mol. The Morgan fingerprint density at radius 3 is 2.58 bits per heavy atom. The second-order valence-electron chi connectivity index (χ2n) is 5.43. The summed E-state index contributed by atoms with van der Waals surface area (Å²) in [6.07, 6.45) is 0. The van der Waals surface area contributed by atoms with Crippen LogP contribution in [0.15, 0.2) is 53.6 Å². The summed E-state index contributed by atoms with van der Waals surface area (Å²) in [6, 6.07) is 15.2. The van der Waals surface area contributed by atoms with Gasteiger partial charge in [-0.1, -0.05) is 42.5 Å². The molecule has 2 heterocycles. The van der Waals surface area contributed by atoms with Crippen LogP contribution >= 0.6 is 12.2 Å². The number of hydrogen-bond donors (Lipinski definition) is 2. The van der Waals surface area contributed by atoms with Gasteiger partial charge >= 0.3 is 0 Å². The fourth-order valence-electron chi connectivity index (χ4n) is 2.68. The first-order valence-corrected chi connectivity index (χ1v) is 7.79. The topological polar surface area (TPSA) is 75.1 Å². The maximum absolute atomic E-state index is 12.3. The van der Waals surface area contributed by atoms with Gasteiger partial charge in [0.05, 0.1) is 5.69 Å². The van der Waals surface area contributed by atoms with Crippen molar-refractivity contribution in [2.24, 2.45) is 5.10 Å². The lowest BCUT2D eigenvalue weighted by Gasteiger charge is -2.05. The number of carbonyl (C=O) groups is 1. The van der Waals surface area contributed by atoms with Crippen LogP contribution in [-0.2, 0) is 4.79 Å². The van der Waals surface area contributed by atoms with Crippen molar-refractivity contribution >= 4 is 29.5 Å². The average Bonchev–Trinajstić information content (AvgIpc) is 3.09. The Bertz CT molecular complexity index is 1050. The minimum absolute atomic E-state index is 0.255. The van der Waals surface area contributed by atoms with Crippen LogP contribution in [-0.4, -0.2) is 26.5 Å². The molecule has 24 heavy (non-hydrogen) atoms. The van der Waals surface area contributed by atoms with Crippen molar-refractivity contribution in [3.63, 3.8) is 0 Å². The average molecular weight is 335 g/mol. The van der Waals surface area contributed by atoms with Gasteiger partial charge in [0, 0.05) is 11.1 Å². The molecule has 0 bridgehead atoms. The summed E-state index contributed by atoms with van der Waals surface area (Å²) in [5.41, 5.74) is 3.76. The molecule has 3 aromatic rings. The maximum Gasteiger partial charge on any atom is 0.276 e. The van der Waals surface area contributed by atoms with Crippen molar-refractivity contribution < 1.29 is 4.79 Å². The molecule has 1 aliphatic rings. The van der Waals surface area contributed by atoms with Gasteiger partial charge in [-0.3, -0.25) is 4.79 Å². The third kappa shape index (κ3) is 2.26. The minimum Gasteiger partial charge on any atom is -0.320 e. The molecule has 0 atom stereocenters. The number of para-hydroxylation sites is 1. The van der Waals surface area contributed by atoms with E-state index in [2.05, 4.69) is 20.6 Å². The molecule has 0 radical (unpaired) electrons. The van der Waals surface area contributed by atoms with E-state index >= 15 is 0 Å². The first kappa shape index (κ1) is 14.5. The molecule has 0 unspecified atom stereocenters. The van der Waals surface area contributed by atoms with Crippen molar-refractivity contribution in [2.45, 2.75) is 6.92 Å². The summed E-state index contributed by atoms with van der Waals surface area (Å²) < 4.78 is 1.83. The molecule has 0 spiro atoms. The van der Waals surface area contributed by atoms with E-state index < -0.39 is 0 Å². The van der Waals surface area contributed by atoms with Gasteiger partial charge in [0.25, 0.3) is 5.91 Å². The molecule has 1 amide bonds. The lowest BCUT2D eigenvalue weighted by Crippen LogP contribution is -2.16. The number of aromatic amines is 1. The molecule has 2 aromatic carbocycles. The second-order valence-corrected chi connectivity index (χ2v) is 5.81. The lowest BCUT2D eigenvalue weighted by molar-refractivity contribution is -0.110. The fourth-order valence-corrected chi connectivity index (χ4v) is 2.86. The summed E-state index contributed by atoms with van der Waals surface area (Å²) in [4.78, 5) is 12.3. The normalized spacial score (nSPS) is 14.7. The maximum atomic E-state index is 12.3. The van der Waals surface area contributed by atoms with Gasteiger partial charge in [0.1, 0.15) is 0 Å². The van der Waals surface area contributed by atoms with E-state index in [9.17, 15) is 4.79 Å². The Balaban J connectivity index is 1.91. The Morgan fingerprint density at radius 2 is 1.79 bits per heavy atom. The van der Waals surface area contributed by atoms with Gasteiger partial charge in [-0.05, 0) is 30.8 Å². The second kappa shape index (κ2) is 5.54. The van der Waals surface area contributed by atoms with Gasteiger partial charge in [-0.25, -0.2) is 5.10 Å². The van der Waals surface area contributed by atoms with Crippen LogP contribution in [0.1, 0.15) is 11.1 Å². The number of carbonyl (C=O) groups excluding carboxylic acids is 1. The number of benzene rings is 2. The number of fused-ring (bicyclic) bond motifs is 1. The number of amides is 1. The molecule has 0 saturated heterocycles. The van der Waals surface area contributed by atoms with Crippen LogP contribution in [0.5, 0.6) is 0 Å². The zero-order chi connectivity index (χ0) is 16.7. The van der Waals surface area contributed by atoms with E-state index in [4.69, 9.17) is 12.2 Å². The molecule has 2 N–H and O–H groups in total. The van der Waals surface area contributed by atoms with Crippen molar-refractivity contribution in [3.8, 4) is 11.4 Å². The number of H-pyrrole nitrogens is 1. The zero-order valence-electron chi connectivity index (χ0n) is 12.8. The summed E-state index contributed by atoms with van der Waals surface area (Å²) in [5, 5.41) is 14.3. The molecule has 0 aliphatic carbocycles. The van der Waals surface area contributed by atoms with Crippen molar-refractivity contribution in [1.82, 2.24) is 14.9 Å². The molecule has 6 nitrogen and oxygen atoms in total. The Hall–Kier alpha value is -3.06. The number of nitrogens with one attached hydrogen (secondary N) is 2. The molecular formula is C17H13N5OS. The van der Waals surface area contributed by atoms with Gasteiger partial charge in [0.2, 0.25) is 4.77 Å². The number of nitrogens with zero attached hydrogens (tertiary/aromatic N) is 3. The first-order chi connectivity index (χ1) is 11.6. The highest BCUT2D eigenvalue weighted by Gasteiger charge is 2.26. The van der Waals surface area contributed by atoms with Gasteiger partial charge in [-0.15, -0.1) is 0 Å². The van der Waals surface area contributed by atoms with E-state index in [1.54, 1.807) is 0 Å². The van der Waals surface area contributed by atoms with Crippen LogP contribution in [0.4, 0.5) is 5.69 Å².